The zero-order valence-corrected chi connectivity index (χ0v) is 11.9. The Labute approximate surface area is 112 Å². The van der Waals surface area contributed by atoms with Crippen LogP contribution < -0.4 is 5.32 Å². The van der Waals surface area contributed by atoms with Gasteiger partial charge in [-0.15, -0.1) is 0 Å². The predicted molar refractivity (Wildman–Crippen MR) is 78.9 cm³/mol. The highest BCUT2D eigenvalue weighted by atomic mass is 14.9. The van der Waals surface area contributed by atoms with Gasteiger partial charge in [0.25, 0.3) is 0 Å². The third kappa shape index (κ3) is 3.84. The highest BCUT2D eigenvalue weighted by Gasteiger charge is 2.22. The maximum atomic E-state index is 3.72. The molecule has 1 aromatic rings. The average Bonchev–Trinajstić information content (AvgIpc) is 2.39. The van der Waals surface area contributed by atoms with Crippen molar-refractivity contribution >= 4 is 0 Å². The summed E-state index contributed by atoms with van der Waals surface area (Å²) in [5, 5.41) is 3.72. The van der Waals surface area contributed by atoms with Crippen LogP contribution in [0, 0.1) is 12.8 Å². The molecule has 0 aliphatic heterocycles. The zero-order chi connectivity index (χ0) is 12.8. The fraction of sp³-hybridized carbons (Fsp3) is 0.647. The topological polar surface area (TPSA) is 12.0 Å². The maximum absolute atomic E-state index is 3.72. The van der Waals surface area contributed by atoms with Gasteiger partial charge in [0.05, 0.1) is 0 Å². The van der Waals surface area contributed by atoms with Crippen molar-refractivity contribution in [2.45, 2.75) is 58.4 Å². The Kier molecular flexibility index (Phi) is 5.25. The Bertz CT molecular complexity index is 352. The van der Waals surface area contributed by atoms with Crippen LogP contribution in [0.25, 0.3) is 0 Å². The summed E-state index contributed by atoms with van der Waals surface area (Å²) in [6.45, 7) is 5.51. The summed E-state index contributed by atoms with van der Waals surface area (Å²) >= 11 is 0. The molecule has 0 amide bonds. The van der Waals surface area contributed by atoms with Gasteiger partial charge in [-0.3, -0.25) is 0 Å². The first-order chi connectivity index (χ1) is 8.79. The van der Waals surface area contributed by atoms with Gasteiger partial charge in [-0.25, -0.2) is 0 Å². The van der Waals surface area contributed by atoms with E-state index in [4.69, 9.17) is 0 Å². The van der Waals surface area contributed by atoms with E-state index in [1.54, 1.807) is 0 Å². The minimum absolute atomic E-state index is 0.678. The second-order valence-electron chi connectivity index (χ2n) is 5.76. The second-order valence-corrected chi connectivity index (χ2v) is 5.76. The van der Waals surface area contributed by atoms with Crippen molar-refractivity contribution in [1.82, 2.24) is 5.32 Å². The van der Waals surface area contributed by atoms with Gasteiger partial charge in [0.2, 0.25) is 0 Å². The molecule has 1 nitrogen and oxygen atoms in total. The predicted octanol–water partition coefficient (Wildman–Crippen LogP) is 4.10. The first kappa shape index (κ1) is 13.6. The summed E-state index contributed by atoms with van der Waals surface area (Å²) < 4.78 is 0. The Morgan fingerprint density at radius 2 is 2.00 bits per heavy atom. The molecule has 1 atom stereocenters. The molecular weight excluding hydrogens is 218 g/mol. The van der Waals surface area contributed by atoms with Crippen molar-refractivity contribution in [3.8, 4) is 0 Å². The van der Waals surface area contributed by atoms with Crippen LogP contribution in [0.4, 0.5) is 0 Å². The summed E-state index contributed by atoms with van der Waals surface area (Å²) in [6, 6.07) is 9.67. The summed E-state index contributed by atoms with van der Waals surface area (Å²) in [7, 11) is 0. The zero-order valence-electron chi connectivity index (χ0n) is 11.9. The van der Waals surface area contributed by atoms with Crippen LogP contribution in [-0.2, 0) is 6.42 Å². The van der Waals surface area contributed by atoms with Crippen LogP contribution in [0.15, 0.2) is 24.3 Å². The van der Waals surface area contributed by atoms with E-state index in [0.717, 1.165) is 12.5 Å². The Balaban J connectivity index is 2.00. The highest BCUT2D eigenvalue weighted by molar-refractivity contribution is 5.23. The van der Waals surface area contributed by atoms with Crippen LogP contribution in [0.1, 0.15) is 50.2 Å². The minimum atomic E-state index is 0.678. The number of benzene rings is 1. The summed E-state index contributed by atoms with van der Waals surface area (Å²) in [6.07, 6.45) is 8.34. The maximum Gasteiger partial charge on any atom is 0.0136 e. The van der Waals surface area contributed by atoms with E-state index in [1.807, 2.05) is 0 Å². The number of hydrogen-bond donors (Lipinski definition) is 1. The van der Waals surface area contributed by atoms with Crippen LogP contribution in [0.5, 0.6) is 0 Å². The average molecular weight is 245 g/mol. The number of rotatable bonds is 5. The number of hydrogen-bond acceptors (Lipinski definition) is 1. The molecule has 2 rings (SSSR count). The van der Waals surface area contributed by atoms with Crippen molar-refractivity contribution in [1.29, 1.82) is 0 Å². The Morgan fingerprint density at radius 3 is 2.67 bits per heavy atom. The molecule has 1 N–H and O–H groups in total. The van der Waals surface area contributed by atoms with E-state index in [0.29, 0.717) is 6.04 Å². The largest absolute Gasteiger partial charge is 0.314 e. The first-order valence-corrected chi connectivity index (χ1v) is 7.58. The summed E-state index contributed by atoms with van der Waals surface area (Å²) in [5.74, 6) is 0.888. The minimum Gasteiger partial charge on any atom is -0.314 e. The van der Waals surface area contributed by atoms with Crippen molar-refractivity contribution in [3.05, 3.63) is 35.4 Å². The molecule has 1 aromatic carbocycles. The number of likely N-dealkylation sites (N-methyl/N-ethyl adjacent to an activating group) is 1. The van der Waals surface area contributed by atoms with Crippen LogP contribution in [0.2, 0.25) is 0 Å². The molecular formula is C17H27N. The van der Waals surface area contributed by atoms with E-state index in [9.17, 15) is 0 Å². The standard InChI is InChI=1S/C17H27N/c1-3-18-17(16-10-5-4-6-11-16)13-15-9-7-8-14(2)12-15/h7-9,12,16-18H,3-6,10-11,13H2,1-2H3. The lowest BCUT2D eigenvalue weighted by molar-refractivity contribution is 0.269. The fourth-order valence-electron chi connectivity index (χ4n) is 3.30. The molecule has 18 heavy (non-hydrogen) atoms. The lowest BCUT2D eigenvalue weighted by atomic mass is 9.81. The van der Waals surface area contributed by atoms with Gasteiger partial charge < -0.3 is 5.32 Å². The van der Waals surface area contributed by atoms with E-state index >= 15 is 0 Å². The van der Waals surface area contributed by atoms with Gasteiger partial charge in [-0.1, -0.05) is 56.0 Å². The van der Waals surface area contributed by atoms with Crippen molar-refractivity contribution in [3.63, 3.8) is 0 Å². The van der Waals surface area contributed by atoms with Crippen molar-refractivity contribution in [2.24, 2.45) is 5.92 Å². The van der Waals surface area contributed by atoms with E-state index in [1.165, 1.54) is 49.7 Å². The molecule has 1 saturated carbocycles. The summed E-state index contributed by atoms with van der Waals surface area (Å²) in [5.41, 5.74) is 2.87. The lowest BCUT2D eigenvalue weighted by Crippen LogP contribution is -2.38. The highest BCUT2D eigenvalue weighted by Crippen LogP contribution is 2.28. The third-order valence-electron chi connectivity index (χ3n) is 4.22. The number of aryl methyl sites for hydroxylation is 1. The molecule has 100 valence electrons. The molecule has 0 heterocycles. The molecule has 0 aromatic heterocycles. The monoisotopic (exact) mass is 245 g/mol. The third-order valence-corrected chi connectivity index (χ3v) is 4.22. The molecule has 1 unspecified atom stereocenters. The smallest absolute Gasteiger partial charge is 0.0136 e. The van der Waals surface area contributed by atoms with Gasteiger partial charge in [0.15, 0.2) is 0 Å². The van der Waals surface area contributed by atoms with Crippen LogP contribution >= 0.6 is 0 Å². The molecule has 1 fully saturated rings. The normalized spacial score (nSPS) is 18.8. The quantitative estimate of drug-likeness (QED) is 0.823. The molecule has 0 spiro atoms. The molecule has 1 aliphatic carbocycles. The van der Waals surface area contributed by atoms with Gasteiger partial charge in [0, 0.05) is 6.04 Å². The molecule has 0 bridgehead atoms. The van der Waals surface area contributed by atoms with Gasteiger partial charge in [-0.05, 0) is 44.2 Å². The van der Waals surface area contributed by atoms with E-state index in [2.05, 4.69) is 43.4 Å². The number of nitrogens with one attached hydrogen (secondary N) is 1. The second kappa shape index (κ2) is 6.94. The van der Waals surface area contributed by atoms with Gasteiger partial charge in [-0.2, -0.15) is 0 Å². The summed E-state index contributed by atoms with van der Waals surface area (Å²) in [4.78, 5) is 0. The van der Waals surface area contributed by atoms with Crippen molar-refractivity contribution in [2.75, 3.05) is 6.54 Å². The van der Waals surface area contributed by atoms with Crippen LogP contribution in [0.3, 0.4) is 0 Å². The molecule has 1 aliphatic rings. The Hall–Kier alpha value is -0.820. The SMILES string of the molecule is CCNC(Cc1cccc(C)c1)C1CCCCC1. The van der Waals surface area contributed by atoms with E-state index in [-0.39, 0.29) is 0 Å². The van der Waals surface area contributed by atoms with E-state index < -0.39 is 0 Å². The van der Waals surface area contributed by atoms with Crippen LogP contribution in [-0.4, -0.2) is 12.6 Å². The first-order valence-electron chi connectivity index (χ1n) is 7.58. The molecule has 1 heteroatoms. The Morgan fingerprint density at radius 1 is 1.22 bits per heavy atom. The molecule has 0 saturated heterocycles. The van der Waals surface area contributed by atoms with Crippen molar-refractivity contribution < 1.29 is 0 Å². The van der Waals surface area contributed by atoms with Gasteiger partial charge in [0.1, 0.15) is 0 Å². The lowest BCUT2D eigenvalue weighted by Gasteiger charge is -2.31. The fourth-order valence-corrected chi connectivity index (χ4v) is 3.30. The van der Waals surface area contributed by atoms with Gasteiger partial charge >= 0.3 is 0 Å². The molecule has 0 radical (unpaired) electrons.